The topological polar surface area (TPSA) is 60.5 Å². The molecule has 0 saturated heterocycles. The van der Waals surface area contributed by atoms with E-state index in [4.69, 9.17) is 9.47 Å². The SMILES string of the molecule is COc1cncc(C#CCCNC(=O)OC(C)(C)C)c1. The van der Waals surface area contributed by atoms with Crippen molar-refractivity contribution in [2.24, 2.45) is 0 Å². The van der Waals surface area contributed by atoms with Crippen LogP contribution in [0.15, 0.2) is 18.5 Å². The molecule has 0 aliphatic carbocycles. The van der Waals surface area contributed by atoms with Crippen LogP contribution in [0.3, 0.4) is 0 Å². The normalized spacial score (nSPS) is 10.2. The van der Waals surface area contributed by atoms with Crippen molar-refractivity contribution >= 4 is 6.09 Å². The van der Waals surface area contributed by atoms with Gasteiger partial charge in [0, 0.05) is 24.7 Å². The summed E-state index contributed by atoms with van der Waals surface area (Å²) in [6.07, 6.45) is 3.39. The van der Waals surface area contributed by atoms with Gasteiger partial charge in [-0.2, -0.15) is 0 Å². The third kappa shape index (κ3) is 6.64. The summed E-state index contributed by atoms with van der Waals surface area (Å²) in [6.45, 7) is 5.91. The molecule has 0 aliphatic heterocycles. The highest BCUT2D eigenvalue weighted by atomic mass is 16.6. The molecule has 108 valence electrons. The van der Waals surface area contributed by atoms with Gasteiger partial charge in [-0.3, -0.25) is 4.98 Å². The molecule has 0 aliphatic rings. The Bertz CT molecular complexity index is 510. The first-order valence-corrected chi connectivity index (χ1v) is 6.35. The monoisotopic (exact) mass is 276 g/mol. The molecule has 5 heteroatoms. The van der Waals surface area contributed by atoms with Gasteiger partial charge in [0.1, 0.15) is 11.4 Å². The molecule has 1 aromatic rings. The van der Waals surface area contributed by atoms with Crippen LogP contribution >= 0.6 is 0 Å². The number of aromatic nitrogens is 1. The average Bonchev–Trinajstić information content (AvgIpc) is 2.36. The highest BCUT2D eigenvalue weighted by Gasteiger charge is 2.15. The van der Waals surface area contributed by atoms with E-state index < -0.39 is 11.7 Å². The third-order valence-electron chi connectivity index (χ3n) is 2.10. The second-order valence-corrected chi connectivity index (χ2v) is 5.09. The number of amides is 1. The number of carbonyl (C=O) groups excluding carboxylic acids is 1. The quantitative estimate of drug-likeness (QED) is 0.680. The van der Waals surface area contributed by atoms with Crippen LogP contribution in [0.5, 0.6) is 5.75 Å². The molecular formula is C15H20N2O3. The second kappa shape index (κ2) is 7.39. The number of carbonyl (C=O) groups is 1. The highest BCUT2D eigenvalue weighted by Crippen LogP contribution is 2.09. The van der Waals surface area contributed by atoms with E-state index in [1.807, 2.05) is 20.8 Å². The van der Waals surface area contributed by atoms with Crippen molar-refractivity contribution in [3.63, 3.8) is 0 Å². The standard InChI is InChI=1S/C15H20N2O3/c1-15(2,3)20-14(18)17-8-6-5-7-12-9-13(19-4)11-16-10-12/h9-11H,6,8H2,1-4H3,(H,17,18). The summed E-state index contributed by atoms with van der Waals surface area (Å²) in [5.41, 5.74) is 0.295. The van der Waals surface area contributed by atoms with Crippen LogP contribution in [0.4, 0.5) is 4.79 Å². The molecule has 0 unspecified atom stereocenters. The van der Waals surface area contributed by atoms with Gasteiger partial charge < -0.3 is 14.8 Å². The lowest BCUT2D eigenvalue weighted by Crippen LogP contribution is -2.32. The smallest absolute Gasteiger partial charge is 0.407 e. The van der Waals surface area contributed by atoms with E-state index >= 15 is 0 Å². The van der Waals surface area contributed by atoms with Gasteiger partial charge in [0.05, 0.1) is 13.3 Å². The summed E-state index contributed by atoms with van der Waals surface area (Å²) in [7, 11) is 1.58. The number of hydrogen-bond acceptors (Lipinski definition) is 4. The Morgan fingerprint density at radius 3 is 2.80 bits per heavy atom. The maximum atomic E-state index is 11.4. The molecule has 1 heterocycles. The number of nitrogens with zero attached hydrogens (tertiary/aromatic N) is 1. The number of hydrogen-bond donors (Lipinski definition) is 1. The van der Waals surface area contributed by atoms with Crippen LogP contribution < -0.4 is 10.1 Å². The van der Waals surface area contributed by atoms with Crippen LogP contribution in [0.2, 0.25) is 0 Å². The van der Waals surface area contributed by atoms with E-state index in [0.717, 1.165) is 5.56 Å². The number of methoxy groups -OCH3 is 1. The minimum atomic E-state index is -0.484. The van der Waals surface area contributed by atoms with Crippen molar-refractivity contribution in [1.29, 1.82) is 0 Å². The van der Waals surface area contributed by atoms with Crippen molar-refractivity contribution in [1.82, 2.24) is 10.3 Å². The highest BCUT2D eigenvalue weighted by molar-refractivity contribution is 5.67. The van der Waals surface area contributed by atoms with Gasteiger partial charge in [-0.25, -0.2) is 4.79 Å². The lowest BCUT2D eigenvalue weighted by atomic mass is 10.2. The fraction of sp³-hybridized carbons (Fsp3) is 0.467. The van der Waals surface area contributed by atoms with Crippen LogP contribution in [-0.2, 0) is 4.74 Å². The van der Waals surface area contributed by atoms with Crippen LogP contribution in [0, 0.1) is 11.8 Å². The molecule has 5 nitrogen and oxygen atoms in total. The zero-order valence-corrected chi connectivity index (χ0v) is 12.3. The summed E-state index contributed by atoms with van der Waals surface area (Å²) in [5.74, 6) is 6.58. The summed E-state index contributed by atoms with van der Waals surface area (Å²) in [4.78, 5) is 15.4. The van der Waals surface area contributed by atoms with E-state index in [-0.39, 0.29) is 0 Å². The van der Waals surface area contributed by atoms with E-state index in [1.165, 1.54) is 0 Å². The van der Waals surface area contributed by atoms with E-state index in [0.29, 0.717) is 18.7 Å². The molecule has 1 N–H and O–H groups in total. The molecule has 0 saturated carbocycles. The van der Waals surface area contributed by atoms with Gasteiger partial charge >= 0.3 is 6.09 Å². The fourth-order valence-electron chi connectivity index (χ4n) is 1.30. The Morgan fingerprint density at radius 2 is 2.15 bits per heavy atom. The van der Waals surface area contributed by atoms with Crippen LogP contribution in [0.25, 0.3) is 0 Å². The maximum absolute atomic E-state index is 11.4. The zero-order chi connectivity index (χ0) is 15.0. The fourth-order valence-corrected chi connectivity index (χ4v) is 1.30. The molecule has 20 heavy (non-hydrogen) atoms. The molecule has 0 fully saturated rings. The zero-order valence-electron chi connectivity index (χ0n) is 12.3. The lowest BCUT2D eigenvalue weighted by molar-refractivity contribution is 0.0529. The second-order valence-electron chi connectivity index (χ2n) is 5.09. The largest absolute Gasteiger partial charge is 0.495 e. The van der Waals surface area contributed by atoms with Crippen LogP contribution in [0.1, 0.15) is 32.8 Å². The first-order chi connectivity index (χ1) is 9.40. The molecule has 1 rings (SSSR count). The summed E-state index contributed by atoms with van der Waals surface area (Å²) in [6, 6.07) is 1.81. The maximum Gasteiger partial charge on any atom is 0.407 e. The van der Waals surface area contributed by atoms with Gasteiger partial charge in [0.15, 0.2) is 0 Å². The molecule has 0 bridgehead atoms. The first-order valence-electron chi connectivity index (χ1n) is 6.35. The van der Waals surface area contributed by atoms with E-state index in [9.17, 15) is 4.79 Å². The minimum absolute atomic E-state index is 0.428. The van der Waals surface area contributed by atoms with E-state index in [1.54, 1.807) is 25.6 Å². The van der Waals surface area contributed by atoms with Crippen LogP contribution in [-0.4, -0.2) is 30.3 Å². The van der Waals surface area contributed by atoms with Gasteiger partial charge in [-0.15, -0.1) is 0 Å². The molecule has 0 radical (unpaired) electrons. The van der Waals surface area contributed by atoms with Crippen molar-refractivity contribution < 1.29 is 14.3 Å². The summed E-state index contributed by atoms with van der Waals surface area (Å²) < 4.78 is 10.2. The Hall–Kier alpha value is -2.22. The molecular weight excluding hydrogens is 256 g/mol. The van der Waals surface area contributed by atoms with Gasteiger partial charge in [-0.05, 0) is 26.8 Å². The van der Waals surface area contributed by atoms with Gasteiger partial charge in [0.25, 0.3) is 0 Å². The van der Waals surface area contributed by atoms with Crippen molar-refractivity contribution in [3.8, 4) is 17.6 Å². The third-order valence-corrected chi connectivity index (χ3v) is 2.10. The van der Waals surface area contributed by atoms with Crippen molar-refractivity contribution in [3.05, 3.63) is 24.0 Å². The minimum Gasteiger partial charge on any atom is -0.495 e. The molecule has 0 spiro atoms. The number of alkyl carbamates (subject to hydrolysis) is 1. The Balaban J connectivity index is 2.34. The lowest BCUT2D eigenvalue weighted by Gasteiger charge is -2.19. The van der Waals surface area contributed by atoms with Gasteiger partial charge in [-0.1, -0.05) is 11.8 Å². The van der Waals surface area contributed by atoms with Crippen molar-refractivity contribution in [2.45, 2.75) is 32.8 Å². The number of pyridine rings is 1. The first kappa shape index (κ1) is 15.8. The molecule has 1 aromatic heterocycles. The van der Waals surface area contributed by atoms with E-state index in [2.05, 4.69) is 22.1 Å². The molecule has 0 atom stereocenters. The predicted molar refractivity (Wildman–Crippen MR) is 76.5 cm³/mol. The Labute approximate surface area is 119 Å². The summed E-state index contributed by atoms with van der Waals surface area (Å²) >= 11 is 0. The predicted octanol–water partition coefficient (Wildman–Crippen LogP) is 2.36. The molecule has 1 amide bonds. The van der Waals surface area contributed by atoms with Gasteiger partial charge in [0.2, 0.25) is 0 Å². The van der Waals surface area contributed by atoms with Crippen molar-refractivity contribution in [2.75, 3.05) is 13.7 Å². The average molecular weight is 276 g/mol. The molecule has 0 aromatic carbocycles. The summed E-state index contributed by atoms with van der Waals surface area (Å²) in [5, 5.41) is 2.64. The number of nitrogens with one attached hydrogen (secondary N) is 1. The number of ether oxygens (including phenoxy) is 2. The Kier molecular flexibility index (Phi) is 5.85. The Morgan fingerprint density at radius 1 is 1.40 bits per heavy atom. The number of rotatable bonds is 3.